The van der Waals surface area contributed by atoms with Crippen molar-refractivity contribution in [3.63, 3.8) is 0 Å². The fraction of sp³-hybridized carbons (Fsp3) is 0.538. The van der Waals surface area contributed by atoms with Gasteiger partial charge >= 0.3 is 5.97 Å². The summed E-state index contributed by atoms with van der Waals surface area (Å²) in [5.41, 5.74) is 1.65. The number of carboxylic acids is 1. The van der Waals surface area contributed by atoms with E-state index in [0.717, 1.165) is 17.8 Å². The number of hydrogen-bond acceptors (Lipinski definition) is 3. The molecule has 0 fully saturated rings. The van der Waals surface area contributed by atoms with E-state index in [0.29, 0.717) is 18.1 Å². The molecule has 6 heteroatoms. The number of halogens is 1. The minimum Gasteiger partial charge on any atom is -0.480 e. The zero-order valence-corrected chi connectivity index (χ0v) is 11.9. The zero-order valence-electron chi connectivity index (χ0n) is 11.2. The molecule has 1 aromatic rings. The highest BCUT2D eigenvalue weighted by atomic mass is 35.5. The Kier molecular flexibility index (Phi) is 5.87. The SMILES string of the molecule is C#CCN(CC(=O)O)Cc1c(Cl)c(CC)nn1CC. The Morgan fingerprint density at radius 1 is 1.58 bits per heavy atom. The Labute approximate surface area is 118 Å². The summed E-state index contributed by atoms with van der Waals surface area (Å²) in [5, 5.41) is 13.9. The fourth-order valence-corrected chi connectivity index (χ4v) is 2.20. The Bertz CT molecular complexity index is 491. The number of aromatic nitrogens is 2. The number of nitrogens with zero attached hydrogens (tertiary/aromatic N) is 3. The summed E-state index contributed by atoms with van der Waals surface area (Å²) in [6.07, 6.45) is 6.00. The van der Waals surface area contributed by atoms with Crippen LogP contribution in [0, 0.1) is 12.3 Å². The van der Waals surface area contributed by atoms with Gasteiger partial charge in [-0.25, -0.2) is 0 Å². The topological polar surface area (TPSA) is 58.4 Å². The van der Waals surface area contributed by atoms with E-state index in [-0.39, 0.29) is 13.1 Å². The maximum atomic E-state index is 10.8. The van der Waals surface area contributed by atoms with Crippen molar-refractivity contribution >= 4 is 17.6 Å². The second-order valence-corrected chi connectivity index (χ2v) is 4.50. The lowest BCUT2D eigenvalue weighted by Crippen LogP contribution is -2.30. The lowest BCUT2D eigenvalue weighted by atomic mass is 10.3. The third-order valence-electron chi connectivity index (χ3n) is 2.74. The molecule has 1 rings (SSSR count). The number of hydrogen-bond donors (Lipinski definition) is 1. The number of terminal acetylenes is 1. The highest BCUT2D eigenvalue weighted by molar-refractivity contribution is 6.31. The van der Waals surface area contributed by atoms with Crippen LogP contribution in [0.1, 0.15) is 25.2 Å². The Balaban J connectivity index is 2.98. The first-order valence-electron chi connectivity index (χ1n) is 6.15. The quantitative estimate of drug-likeness (QED) is 0.773. The van der Waals surface area contributed by atoms with E-state index in [1.165, 1.54) is 0 Å². The van der Waals surface area contributed by atoms with E-state index in [4.69, 9.17) is 23.1 Å². The standard InChI is InChI=1S/C13H18ClN3O2/c1-4-7-16(9-12(18)19)8-11-13(14)10(5-2)15-17(11)6-3/h1H,5-9H2,2-3H3,(H,18,19). The molecule has 0 spiro atoms. The van der Waals surface area contributed by atoms with Crippen molar-refractivity contribution in [2.45, 2.75) is 33.4 Å². The summed E-state index contributed by atoms with van der Waals surface area (Å²) in [5.74, 6) is 1.55. The molecular weight excluding hydrogens is 266 g/mol. The van der Waals surface area contributed by atoms with Crippen molar-refractivity contribution in [2.75, 3.05) is 13.1 Å². The lowest BCUT2D eigenvalue weighted by Gasteiger charge is -2.18. The van der Waals surface area contributed by atoms with Crippen LogP contribution in [-0.2, 0) is 24.3 Å². The average Bonchev–Trinajstić information content (AvgIpc) is 2.66. The van der Waals surface area contributed by atoms with Crippen LogP contribution in [0.4, 0.5) is 0 Å². The number of aliphatic carboxylic acids is 1. The molecule has 0 unspecified atom stereocenters. The molecule has 0 aliphatic carbocycles. The first-order chi connectivity index (χ1) is 9.03. The molecule has 0 aliphatic heterocycles. The van der Waals surface area contributed by atoms with Crippen LogP contribution < -0.4 is 0 Å². The van der Waals surface area contributed by atoms with Crippen molar-refractivity contribution in [1.29, 1.82) is 0 Å². The van der Waals surface area contributed by atoms with Crippen molar-refractivity contribution in [1.82, 2.24) is 14.7 Å². The zero-order chi connectivity index (χ0) is 14.4. The molecule has 0 saturated heterocycles. The van der Waals surface area contributed by atoms with Gasteiger partial charge in [-0.3, -0.25) is 14.4 Å². The summed E-state index contributed by atoms with van der Waals surface area (Å²) in [7, 11) is 0. The number of carbonyl (C=O) groups is 1. The van der Waals surface area contributed by atoms with Gasteiger partial charge in [0.25, 0.3) is 0 Å². The maximum Gasteiger partial charge on any atom is 0.317 e. The molecule has 0 radical (unpaired) electrons. The molecule has 0 atom stereocenters. The molecule has 1 aromatic heterocycles. The lowest BCUT2D eigenvalue weighted by molar-refractivity contribution is -0.138. The molecule has 1 N–H and O–H groups in total. The van der Waals surface area contributed by atoms with Crippen LogP contribution in [0.2, 0.25) is 5.02 Å². The summed E-state index contributed by atoms with van der Waals surface area (Å²) in [4.78, 5) is 12.5. The van der Waals surface area contributed by atoms with E-state index in [2.05, 4.69) is 11.0 Å². The third-order valence-corrected chi connectivity index (χ3v) is 3.18. The number of rotatable bonds is 7. The summed E-state index contributed by atoms with van der Waals surface area (Å²) < 4.78 is 1.80. The number of aryl methyl sites for hydroxylation is 2. The second-order valence-electron chi connectivity index (χ2n) is 4.12. The molecule has 19 heavy (non-hydrogen) atoms. The van der Waals surface area contributed by atoms with Crippen molar-refractivity contribution in [3.05, 3.63) is 16.4 Å². The van der Waals surface area contributed by atoms with Gasteiger partial charge in [0.15, 0.2) is 0 Å². The fourth-order valence-electron chi connectivity index (χ4n) is 1.87. The molecule has 0 aromatic carbocycles. The molecule has 104 valence electrons. The van der Waals surface area contributed by atoms with Gasteiger partial charge in [0.1, 0.15) is 0 Å². The van der Waals surface area contributed by atoms with Gasteiger partial charge in [0, 0.05) is 13.1 Å². The van der Waals surface area contributed by atoms with Crippen LogP contribution in [0.5, 0.6) is 0 Å². The van der Waals surface area contributed by atoms with Crippen LogP contribution >= 0.6 is 11.6 Å². The summed E-state index contributed by atoms with van der Waals surface area (Å²) in [6.45, 7) is 5.17. The summed E-state index contributed by atoms with van der Waals surface area (Å²) >= 11 is 6.28. The first-order valence-corrected chi connectivity index (χ1v) is 6.52. The van der Waals surface area contributed by atoms with Crippen LogP contribution in [0.15, 0.2) is 0 Å². The molecule has 5 nitrogen and oxygen atoms in total. The van der Waals surface area contributed by atoms with Crippen LogP contribution in [0.3, 0.4) is 0 Å². The largest absolute Gasteiger partial charge is 0.480 e. The van der Waals surface area contributed by atoms with E-state index >= 15 is 0 Å². The van der Waals surface area contributed by atoms with Gasteiger partial charge in [-0.2, -0.15) is 5.10 Å². The van der Waals surface area contributed by atoms with Gasteiger partial charge < -0.3 is 5.11 Å². The Hall–Kier alpha value is -1.51. The van der Waals surface area contributed by atoms with E-state index < -0.39 is 5.97 Å². The second kappa shape index (κ2) is 7.17. The predicted molar refractivity (Wildman–Crippen MR) is 74.0 cm³/mol. The van der Waals surface area contributed by atoms with E-state index in [1.54, 1.807) is 9.58 Å². The highest BCUT2D eigenvalue weighted by Crippen LogP contribution is 2.22. The van der Waals surface area contributed by atoms with Gasteiger partial charge in [-0.1, -0.05) is 24.4 Å². The predicted octanol–water partition coefficient (Wildman–Crippen LogP) is 1.64. The van der Waals surface area contributed by atoms with Gasteiger partial charge in [-0.05, 0) is 13.3 Å². The summed E-state index contributed by atoms with van der Waals surface area (Å²) in [6, 6.07) is 0. The van der Waals surface area contributed by atoms with Crippen LogP contribution in [0.25, 0.3) is 0 Å². The third kappa shape index (κ3) is 3.98. The average molecular weight is 284 g/mol. The normalized spacial score (nSPS) is 10.7. The van der Waals surface area contributed by atoms with Crippen molar-refractivity contribution in [3.8, 4) is 12.3 Å². The van der Waals surface area contributed by atoms with E-state index in [1.807, 2.05) is 13.8 Å². The van der Waals surface area contributed by atoms with Crippen molar-refractivity contribution in [2.24, 2.45) is 0 Å². The highest BCUT2D eigenvalue weighted by Gasteiger charge is 2.18. The Morgan fingerprint density at radius 3 is 2.74 bits per heavy atom. The molecule has 0 amide bonds. The minimum absolute atomic E-state index is 0.114. The van der Waals surface area contributed by atoms with Crippen LogP contribution in [-0.4, -0.2) is 38.8 Å². The molecule has 1 heterocycles. The molecular formula is C13H18ClN3O2. The van der Waals surface area contributed by atoms with Gasteiger partial charge in [0.05, 0.1) is 29.5 Å². The molecule has 0 aliphatic rings. The first kappa shape index (κ1) is 15.5. The van der Waals surface area contributed by atoms with E-state index in [9.17, 15) is 4.79 Å². The Morgan fingerprint density at radius 2 is 2.26 bits per heavy atom. The molecule has 0 bridgehead atoms. The van der Waals surface area contributed by atoms with Gasteiger partial charge in [0.2, 0.25) is 0 Å². The maximum absolute atomic E-state index is 10.8. The number of carboxylic acid groups (broad SMARTS) is 1. The minimum atomic E-state index is -0.912. The van der Waals surface area contributed by atoms with Crippen molar-refractivity contribution < 1.29 is 9.90 Å². The monoisotopic (exact) mass is 283 g/mol. The smallest absolute Gasteiger partial charge is 0.317 e. The van der Waals surface area contributed by atoms with Gasteiger partial charge in [-0.15, -0.1) is 6.42 Å². The molecule has 0 saturated carbocycles.